The summed E-state index contributed by atoms with van der Waals surface area (Å²) in [5.74, 6) is 0. The second kappa shape index (κ2) is 10.2. The van der Waals surface area contributed by atoms with Crippen LogP contribution in [0.3, 0.4) is 0 Å². The van der Waals surface area contributed by atoms with Crippen LogP contribution in [0.4, 0.5) is 0 Å². The second-order valence-corrected chi connectivity index (χ2v) is 9.31. The van der Waals surface area contributed by atoms with Crippen LogP contribution in [0.5, 0.6) is 0 Å². The summed E-state index contributed by atoms with van der Waals surface area (Å²) in [7, 11) is -1.35. The summed E-state index contributed by atoms with van der Waals surface area (Å²) in [6, 6.07) is 4.09. The van der Waals surface area contributed by atoms with Gasteiger partial charge in [-0.25, -0.2) is 0 Å². The normalized spacial score (nSPS) is 11.0. The molecule has 16 heavy (non-hydrogen) atoms. The summed E-state index contributed by atoms with van der Waals surface area (Å²) >= 11 is 5.70. The first-order chi connectivity index (χ1) is 7.74. The van der Waals surface area contributed by atoms with E-state index in [1.165, 1.54) is 56.7 Å². The maximum atomic E-state index is 5.70. The topological polar surface area (TPSA) is 0 Å². The molecule has 0 aliphatic carbocycles. The molecule has 0 aliphatic rings. The molecule has 0 fully saturated rings. The van der Waals surface area contributed by atoms with Gasteiger partial charge in [0, 0.05) is 0 Å². The smallest absolute Gasteiger partial charge is 0.114 e. The summed E-state index contributed by atoms with van der Waals surface area (Å²) < 4.78 is 0. The van der Waals surface area contributed by atoms with Crippen LogP contribution in [-0.4, -0.2) is 8.07 Å². The number of unbranched alkanes of at least 4 members (excludes halogenated alkanes) is 3. The Kier molecular flexibility index (Phi) is 10.3. The van der Waals surface area contributed by atoms with Crippen LogP contribution in [-0.2, 0) is 0 Å². The van der Waals surface area contributed by atoms with Crippen LogP contribution in [0.1, 0.15) is 59.3 Å². The van der Waals surface area contributed by atoms with Gasteiger partial charge >= 0.3 is 0 Å². The van der Waals surface area contributed by atoms with Crippen LogP contribution in [0.25, 0.3) is 0 Å². The Balaban J connectivity index is 4.50. The zero-order valence-corrected chi connectivity index (χ0v) is 13.0. The Morgan fingerprint density at radius 2 is 1.19 bits per heavy atom. The zero-order chi connectivity index (χ0) is 12.3. The molecule has 0 aromatic heterocycles. The third kappa shape index (κ3) is 6.61. The first-order valence-corrected chi connectivity index (χ1v) is 9.87. The summed E-state index contributed by atoms with van der Waals surface area (Å²) in [5.41, 5.74) is 3.45. The largest absolute Gasteiger partial charge is 0.140 e. The van der Waals surface area contributed by atoms with E-state index in [2.05, 4.69) is 31.7 Å². The van der Waals surface area contributed by atoms with E-state index in [0.717, 1.165) is 0 Å². The highest BCUT2D eigenvalue weighted by Crippen LogP contribution is 2.27. The van der Waals surface area contributed by atoms with Crippen molar-refractivity contribution in [3.63, 3.8) is 0 Å². The Morgan fingerprint density at radius 1 is 0.812 bits per heavy atom. The molecule has 0 bridgehead atoms. The Bertz CT molecular complexity index is 193. The lowest BCUT2D eigenvalue weighted by molar-refractivity contribution is 0.802. The van der Waals surface area contributed by atoms with Gasteiger partial charge in [-0.15, -0.1) is 5.54 Å². The van der Waals surface area contributed by atoms with Crippen molar-refractivity contribution in [2.24, 2.45) is 0 Å². The van der Waals surface area contributed by atoms with E-state index in [-0.39, 0.29) is 0 Å². The van der Waals surface area contributed by atoms with Crippen molar-refractivity contribution in [1.82, 2.24) is 0 Å². The fourth-order valence-electron chi connectivity index (χ4n) is 2.21. The molecule has 94 valence electrons. The Labute approximate surface area is 108 Å². The summed E-state index contributed by atoms with van der Waals surface area (Å²) in [6.07, 6.45) is 7.88. The summed E-state index contributed by atoms with van der Waals surface area (Å²) in [4.78, 5) is 0. The standard InChI is InChI=1S/C14H27ClSi/c1-4-7-11-16(14-10-15,12-8-5-2)13-9-6-3/h4-9,11-13H2,1-3H3. The minimum Gasteiger partial charge on any atom is -0.114 e. The van der Waals surface area contributed by atoms with Gasteiger partial charge in [-0.1, -0.05) is 59.3 Å². The lowest BCUT2D eigenvalue weighted by Crippen LogP contribution is -2.32. The van der Waals surface area contributed by atoms with E-state index in [0.29, 0.717) is 0 Å². The first kappa shape index (κ1) is 16.1. The molecule has 0 aliphatic heterocycles. The van der Waals surface area contributed by atoms with E-state index in [1.807, 2.05) is 0 Å². The molecule has 0 nitrogen and oxygen atoms in total. The van der Waals surface area contributed by atoms with Gasteiger partial charge in [0.1, 0.15) is 8.07 Å². The molecule has 0 heterocycles. The van der Waals surface area contributed by atoms with Crippen LogP contribution >= 0.6 is 11.6 Å². The van der Waals surface area contributed by atoms with Gasteiger partial charge in [0.15, 0.2) is 0 Å². The van der Waals surface area contributed by atoms with E-state index in [1.54, 1.807) is 0 Å². The highest BCUT2D eigenvalue weighted by atomic mass is 35.5. The molecule has 0 saturated heterocycles. The van der Waals surface area contributed by atoms with E-state index in [9.17, 15) is 0 Å². The van der Waals surface area contributed by atoms with Crippen molar-refractivity contribution in [1.29, 1.82) is 0 Å². The van der Waals surface area contributed by atoms with Crippen LogP contribution in [0, 0.1) is 10.9 Å². The maximum Gasteiger partial charge on any atom is 0.140 e. The number of hydrogen-bond donors (Lipinski definition) is 0. The molecule has 0 amide bonds. The molecule has 0 radical (unpaired) electrons. The molecule has 0 spiro atoms. The van der Waals surface area contributed by atoms with Gasteiger partial charge in [-0.3, -0.25) is 0 Å². The van der Waals surface area contributed by atoms with Gasteiger partial charge in [-0.2, -0.15) is 0 Å². The van der Waals surface area contributed by atoms with E-state index < -0.39 is 8.07 Å². The number of rotatable bonds is 9. The van der Waals surface area contributed by atoms with Crippen molar-refractivity contribution in [3.05, 3.63) is 0 Å². The molecule has 2 heteroatoms. The average molecular weight is 259 g/mol. The zero-order valence-electron chi connectivity index (χ0n) is 11.2. The second-order valence-electron chi connectivity index (χ2n) is 4.81. The Hall–Kier alpha value is 0.0669. The van der Waals surface area contributed by atoms with Gasteiger partial charge in [0.05, 0.1) is 0 Å². The minimum atomic E-state index is -1.35. The maximum absolute atomic E-state index is 5.70. The van der Waals surface area contributed by atoms with Crippen molar-refractivity contribution in [3.8, 4) is 10.9 Å². The van der Waals surface area contributed by atoms with Gasteiger partial charge < -0.3 is 0 Å². The minimum absolute atomic E-state index is 1.29. The van der Waals surface area contributed by atoms with Crippen LogP contribution < -0.4 is 0 Å². The molecule has 0 atom stereocenters. The third-order valence-corrected chi connectivity index (χ3v) is 8.18. The molecule has 0 saturated carbocycles. The predicted molar refractivity (Wildman–Crippen MR) is 78.5 cm³/mol. The molecular formula is C14H27ClSi. The lowest BCUT2D eigenvalue weighted by Gasteiger charge is -2.25. The van der Waals surface area contributed by atoms with Gasteiger partial charge in [0.25, 0.3) is 0 Å². The van der Waals surface area contributed by atoms with E-state index >= 15 is 0 Å². The monoisotopic (exact) mass is 258 g/mol. The summed E-state index contributed by atoms with van der Waals surface area (Å²) in [6.45, 7) is 6.81. The molecule has 0 unspecified atom stereocenters. The fourth-order valence-corrected chi connectivity index (χ4v) is 7.23. The molecular weight excluding hydrogens is 232 g/mol. The predicted octanol–water partition coefficient (Wildman–Crippen LogP) is 5.57. The number of hydrogen-bond acceptors (Lipinski definition) is 0. The van der Waals surface area contributed by atoms with Crippen molar-refractivity contribution < 1.29 is 0 Å². The van der Waals surface area contributed by atoms with Crippen molar-refractivity contribution in [2.45, 2.75) is 77.4 Å². The Morgan fingerprint density at radius 3 is 1.44 bits per heavy atom. The fraction of sp³-hybridized carbons (Fsp3) is 0.857. The molecule has 0 aromatic rings. The van der Waals surface area contributed by atoms with Crippen molar-refractivity contribution >= 4 is 19.7 Å². The average Bonchev–Trinajstić information content (AvgIpc) is 2.31. The van der Waals surface area contributed by atoms with Gasteiger partial charge in [0.2, 0.25) is 0 Å². The van der Waals surface area contributed by atoms with Crippen LogP contribution in [0.2, 0.25) is 18.1 Å². The number of halogens is 1. The first-order valence-electron chi connectivity index (χ1n) is 6.87. The third-order valence-electron chi connectivity index (χ3n) is 3.34. The lowest BCUT2D eigenvalue weighted by atomic mass is 10.4. The van der Waals surface area contributed by atoms with Crippen molar-refractivity contribution in [2.75, 3.05) is 0 Å². The molecule has 0 N–H and O–H groups in total. The summed E-state index contributed by atoms with van der Waals surface area (Å²) in [5, 5.41) is 2.72. The van der Waals surface area contributed by atoms with Gasteiger partial charge in [-0.05, 0) is 35.1 Å². The van der Waals surface area contributed by atoms with Crippen LogP contribution in [0.15, 0.2) is 0 Å². The molecule has 0 aromatic carbocycles. The molecule has 0 rings (SSSR count). The SMILES string of the molecule is CCCC[Si](C#CCl)(CCCC)CCCC. The highest BCUT2D eigenvalue weighted by molar-refractivity contribution is 6.87. The van der Waals surface area contributed by atoms with E-state index in [4.69, 9.17) is 11.6 Å². The highest BCUT2D eigenvalue weighted by Gasteiger charge is 2.29. The quantitative estimate of drug-likeness (QED) is 0.374.